The molecule has 2 rings (SSSR count). The fourth-order valence-corrected chi connectivity index (χ4v) is 2.17. The summed E-state index contributed by atoms with van der Waals surface area (Å²) in [5, 5.41) is 8.13. The van der Waals surface area contributed by atoms with E-state index in [4.69, 9.17) is 14.0 Å². The zero-order valence-electron chi connectivity index (χ0n) is 15.5. The van der Waals surface area contributed by atoms with Gasteiger partial charge in [0, 0.05) is 7.05 Å². The van der Waals surface area contributed by atoms with E-state index < -0.39 is 24.0 Å². The highest BCUT2D eigenvalue weighted by Gasteiger charge is 2.22. The van der Waals surface area contributed by atoms with Gasteiger partial charge < -0.3 is 19.3 Å². The summed E-state index contributed by atoms with van der Waals surface area (Å²) < 4.78 is 15.9. The molecule has 9 nitrogen and oxygen atoms in total. The van der Waals surface area contributed by atoms with Gasteiger partial charge in [0.1, 0.15) is 23.7 Å². The lowest BCUT2D eigenvalue weighted by molar-refractivity contribution is -0.127. The van der Waals surface area contributed by atoms with Crippen LogP contribution in [-0.4, -0.2) is 36.2 Å². The number of amides is 3. The first-order valence-corrected chi connectivity index (χ1v) is 8.20. The Balaban J connectivity index is 2.06. The van der Waals surface area contributed by atoms with Crippen molar-refractivity contribution >= 4 is 17.9 Å². The van der Waals surface area contributed by atoms with E-state index in [0.29, 0.717) is 17.2 Å². The monoisotopic (exact) mass is 375 g/mol. The first kappa shape index (κ1) is 20.0. The van der Waals surface area contributed by atoms with Crippen LogP contribution in [0.15, 0.2) is 28.8 Å². The second-order valence-electron chi connectivity index (χ2n) is 5.70. The van der Waals surface area contributed by atoms with E-state index in [1.54, 1.807) is 32.0 Å². The minimum atomic E-state index is -1.16. The number of ether oxygens (including phenoxy) is 2. The molecule has 27 heavy (non-hydrogen) atoms. The number of benzene rings is 1. The normalized spacial score (nSPS) is 11.4. The number of rotatable bonds is 6. The van der Waals surface area contributed by atoms with Crippen LogP contribution in [0, 0.1) is 13.8 Å². The molecule has 0 spiro atoms. The zero-order valence-corrected chi connectivity index (χ0v) is 15.5. The van der Waals surface area contributed by atoms with Crippen molar-refractivity contribution < 1.29 is 28.4 Å². The molecule has 2 aromatic rings. The summed E-state index contributed by atoms with van der Waals surface area (Å²) in [7, 11) is 1.37. The number of imide groups is 1. The molecule has 2 N–H and O–H groups in total. The number of urea groups is 1. The van der Waals surface area contributed by atoms with Crippen molar-refractivity contribution in [3.05, 3.63) is 46.8 Å². The summed E-state index contributed by atoms with van der Waals surface area (Å²) in [5.41, 5.74) is 1.65. The Kier molecular flexibility index (Phi) is 6.53. The predicted molar refractivity (Wildman–Crippen MR) is 94.2 cm³/mol. The number of nitrogens with one attached hydrogen (secondary N) is 2. The van der Waals surface area contributed by atoms with Gasteiger partial charge in [0.05, 0.1) is 11.3 Å². The maximum Gasteiger partial charge on any atom is 0.342 e. The van der Waals surface area contributed by atoms with Gasteiger partial charge in [0.2, 0.25) is 0 Å². The van der Waals surface area contributed by atoms with Crippen LogP contribution in [0.25, 0.3) is 0 Å². The highest BCUT2D eigenvalue weighted by atomic mass is 16.5. The van der Waals surface area contributed by atoms with Gasteiger partial charge in [-0.05, 0) is 32.9 Å². The highest BCUT2D eigenvalue weighted by Crippen LogP contribution is 2.22. The number of hydrogen-bond acceptors (Lipinski definition) is 7. The lowest BCUT2D eigenvalue weighted by Gasteiger charge is -2.15. The minimum absolute atomic E-state index is 0.156. The SMILES string of the molecule is CNC(=O)NC(=O)[C@@H](C)OC(=O)c1ccccc1OCc1c(C)noc1C. The number of para-hydroxylation sites is 1. The van der Waals surface area contributed by atoms with Gasteiger partial charge in [-0.3, -0.25) is 10.1 Å². The van der Waals surface area contributed by atoms with Gasteiger partial charge in [-0.1, -0.05) is 17.3 Å². The number of aryl methyl sites for hydroxylation is 2. The average molecular weight is 375 g/mol. The largest absolute Gasteiger partial charge is 0.488 e. The summed E-state index contributed by atoms with van der Waals surface area (Å²) in [5.74, 6) is -0.561. The van der Waals surface area contributed by atoms with Crippen LogP contribution in [0.5, 0.6) is 5.75 Å². The summed E-state index contributed by atoms with van der Waals surface area (Å²) >= 11 is 0. The van der Waals surface area contributed by atoms with Crippen LogP contribution in [0.4, 0.5) is 4.79 Å². The molecule has 9 heteroatoms. The van der Waals surface area contributed by atoms with E-state index in [1.165, 1.54) is 20.0 Å². The van der Waals surface area contributed by atoms with Crippen molar-refractivity contribution in [1.29, 1.82) is 0 Å². The van der Waals surface area contributed by atoms with E-state index in [0.717, 1.165) is 5.56 Å². The first-order valence-electron chi connectivity index (χ1n) is 8.20. The number of esters is 1. The fourth-order valence-electron chi connectivity index (χ4n) is 2.17. The Morgan fingerprint density at radius 1 is 1.22 bits per heavy atom. The van der Waals surface area contributed by atoms with E-state index in [-0.39, 0.29) is 12.2 Å². The van der Waals surface area contributed by atoms with Gasteiger partial charge in [0.25, 0.3) is 5.91 Å². The molecule has 0 aliphatic carbocycles. The van der Waals surface area contributed by atoms with Crippen LogP contribution < -0.4 is 15.4 Å². The Morgan fingerprint density at radius 3 is 2.56 bits per heavy atom. The molecule has 0 aliphatic heterocycles. The Morgan fingerprint density at radius 2 is 1.93 bits per heavy atom. The van der Waals surface area contributed by atoms with Gasteiger partial charge in [-0.25, -0.2) is 9.59 Å². The van der Waals surface area contributed by atoms with Crippen LogP contribution in [-0.2, 0) is 16.1 Å². The van der Waals surface area contributed by atoms with Crippen molar-refractivity contribution in [2.24, 2.45) is 0 Å². The Bertz CT molecular complexity index is 826. The van der Waals surface area contributed by atoms with Crippen LogP contribution in [0.2, 0.25) is 0 Å². The quantitative estimate of drug-likeness (QED) is 0.740. The van der Waals surface area contributed by atoms with Gasteiger partial charge in [-0.2, -0.15) is 0 Å². The summed E-state index contributed by atoms with van der Waals surface area (Å²) in [6.45, 7) is 5.09. The second-order valence-corrected chi connectivity index (χ2v) is 5.70. The molecule has 1 aromatic carbocycles. The average Bonchev–Trinajstić information content (AvgIpc) is 2.97. The molecule has 0 radical (unpaired) electrons. The molecule has 0 fully saturated rings. The first-order chi connectivity index (χ1) is 12.8. The van der Waals surface area contributed by atoms with Crippen LogP contribution in [0.3, 0.4) is 0 Å². The maximum absolute atomic E-state index is 12.4. The highest BCUT2D eigenvalue weighted by molar-refractivity contribution is 5.99. The van der Waals surface area contributed by atoms with Gasteiger partial charge in [0.15, 0.2) is 6.10 Å². The van der Waals surface area contributed by atoms with E-state index in [1.807, 2.05) is 5.32 Å². The van der Waals surface area contributed by atoms with Crippen LogP contribution >= 0.6 is 0 Å². The zero-order chi connectivity index (χ0) is 20.0. The van der Waals surface area contributed by atoms with Crippen molar-refractivity contribution in [3.8, 4) is 5.75 Å². The number of nitrogens with zero attached hydrogens (tertiary/aromatic N) is 1. The van der Waals surface area contributed by atoms with E-state index in [9.17, 15) is 14.4 Å². The number of carbonyl (C=O) groups is 3. The van der Waals surface area contributed by atoms with Crippen molar-refractivity contribution in [3.63, 3.8) is 0 Å². The Hall–Kier alpha value is -3.36. The topological polar surface area (TPSA) is 120 Å². The number of hydrogen-bond donors (Lipinski definition) is 2. The van der Waals surface area contributed by atoms with Crippen molar-refractivity contribution in [1.82, 2.24) is 15.8 Å². The smallest absolute Gasteiger partial charge is 0.342 e. The lowest BCUT2D eigenvalue weighted by Crippen LogP contribution is -2.43. The third-order valence-corrected chi connectivity index (χ3v) is 3.78. The van der Waals surface area contributed by atoms with E-state index >= 15 is 0 Å². The lowest BCUT2D eigenvalue weighted by atomic mass is 10.2. The molecule has 3 amide bonds. The maximum atomic E-state index is 12.4. The van der Waals surface area contributed by atoms with Crippen molar-refractivity contribution in [2.75, 3.05) is 7.05 Å². The second kappa shape index (κ2) is 8.84. The molecule has 1 heterocycles. The molecule has 0 unspecified atom stereocenters. The molecule has 144 valence electrons. The molecule has 1 atom stereocenters. The molecular formula is C18H21N3O6. The summed E-state index contributed by atoms with van der Waals surface area (Å²) in [4.78, 5) is 35.4. The molecular weight excluding hydrogens is 354 g/mol. The third kappa shape index (κ3) is 5.06. The Labute approximate surface area is 156 Å². The standard InChI is InChI=1S/C18H21N3O6/c1-10-14(11(2)27-21-10)9-25-15-8-6-5-7-13(15)17(23)26-12(3)16(22)20-18(24)19-4/h5-8,12H,9H2,1-4H3,(H2,19,20,22,24)/t12-/m1/s1. The number of carbonyl (C=O) groups excluding carboxylic acids is 3. The van der Waals surface area contributed by atoms with Crippen LogP contribution in [0.1, 0.15) is 34.3 Å². The van der Waals surface area contributed by atoms with Gasteiger partial charge >= 0.3 is 12.0 Å². The molecule has 0 saturated heterocycles. The summed E-state index contributed by atoms with van der Waals surface area (Å²) in [6, 6.07) is 5.81. The number of aromatic nitrogens is 1. The van der Waals surface area contributed by atoms with Gasteiger partial charge in [-0.15, -0.1) is 0 Å². The summed E-state index contributed by atoms with van der Waals surface area (Å²) in [6.07, 6.45) is -1.16. The molecule has 0 bridgehead atoms. The van der Waals surface area contributed by atoms with E-state index in [2.05, 4.69) is 10.5 Å². The molecule has 0 saturated carbocycles. The minimum Gasteiger partial charge on any atom is -0.488 e. The third-order valence-electron chi connectivity index (χ3n) is 3.78. The molecule has 1 aromatic heterocycles. The fraction of sp³-hybridized carbons (Fsp3) is 0.333. The van der Waals surface area contributed by atoms with Crippen molar-refractivity contribution in [2.45, 2.75) is 33.5 Å². The molecule has 0 aliphatic rings. The predicted octanol–water partition coefficient (Wildman–Crippen LogP) is 1.87.